The average molecular weight is 196 g/mol. The fourth-order valence-corrected chi connectivity index (χ4v) is 1.45. The molecule has 0 bridgehead atoms. The summed E-state index contributed by atoms with van der Waals surface area (Å²) in [5.74, 6) is 0. The molecule has 2 heteroatoms. The normalized spacial score (nSPS) is 9.87. The first kappa shape index (κ1) is 9.59. The smallest absolute Gasteiger partial charge is 0.115 e. The number of nitrogens with zero attached hydrogens (tertiary/aromatic N) is 2. The van der Waals surface area contributed by atoms with E-state index in [1.54, 1.807) is 0 Å². The zero-order chi connectivity index (χ0) is 10.5. The molecule has 0 aliphatic rings. The summed E-state index contributed by atoms with van der Waals surface area (Å²) in [7, 11) is 0. The van der Waals surface area contributed by atoms with Crippen molar-refractivity contribution in [3.8, 4) is 11.1 Å². The second-order valence-corrected chi connectivity index (χ2v) is 3.32. The van der Waals surface area contributed by atoms with Gasteiger partial charge in [-0.2, -0.15) is 0 Å². The summed E-state index contributed by atoms with van der Waals surface area (Å²) in [6.45, 7) is 3.72. The fraction of sp³-hybridized carbons (Fsp3) is 0.0769. The van der Waals surface area contributed by atoms with Crippen LogP contribution in [0.15, 0.2) is 55.6 Å². The summed E-state index contributed by atoms with van der Waals surface area (Å²) in [6.07, 6.45) is 7.98. The van der Waals surface area contributed by atoms with Crippen molar-refractivity contribution in [1.82, 2.24) is 9.97 Å². The predicted molar refractivity (Wildman–Crippen MR) is 61.4 cm³/mol. The molecule has 0 unspecified atom stereocenters. The number of benzene rings is 1. The molecule has 0 aliphatic carbocycles. The summed E-state index contributed by atoms with van der Waals surface area (Å²) in [4.78, 5) is 7.99. The van der Waals surface area contributed by atoms with Crippen LogP contribution in [0, 0.1) is 0 Å². The Labute approximate surface area is 89.3 Å². The molecule has 1 heterocycles. The standard InChI is InChI=1S/C13H12N2/c1-2-3-11-4-6-12(7-5-11)13-8-14-10-15-9-13/h2,4-10H,1,3H2. The van der Waals surface area contributed by atoms with Crippen molar-refractivity contribution in [2.75, 3.05) is 0 Å². The molecule has 2 rings (SSSR count). The second kappa shape index (κ2) is 4.51. The van der Waals surface area contributed by atoms with Crippen LogP contribution in [0.5, 0.6) is 0 Å². The van der Waals surface area contributed by atoms with Crippen LogP contribution in [-0.4, -0.2) is 9.97 Å². The fourth-order valence-electron chi connectivity index (χ4n) is 1.45. The zero-order valence-electron chi connectivity index (χ0n) is 8.43. The Bertz CT molecular complexity index is 432. The van der Waals surface area contributed by atoms with E-state index in [1.807, 2.05) is 18.5 Å². The van der Waals surface area contributed by atoms with Crippen LogP contribution < -0.4 is 0 Å². The summed E-state index contributed by atoms with van der Waals surface area (Å²) in [6, 6.07) is 8.36. The van der Waals surface area contributed by atoms with Gasteiger partial charge in [-0.1, -0.05) is 30.3 Å². The minimum absolute atomic E-state index is 0.908. The van der Waals surface area contributed by atoms with E-state index in [0.717, 1.165) is 17.5 Å². The molecule has 0 atom stereocenters. The van der Waals surface area contributed by atoms with Crippen molar-refractivity contribution in [1.29, 1.82) is 0 Å². The van der Waals surface area contributed by atoms with E-state index in [9.17, 15) is 0 Å². The quantitative estimate of drug-likeness (QED) is 0.705. The molecular weight excluding hydrogens is 184 g/mol. The first-order chi connectivity index (χ1) is 7.40. The largest absolute Gasteiger partial charge is 0.244 e. The van der Waals surface area contributed by atoms with Gasteiger partial charge in [-0.05, 0) is 17.5 Å². The Hall–Kier alpha value is -1.96. The van der Waals surface area contributed by atoms with Crippen LogP contribution >= 0.6 is 0 Å². The summed E-state index contributed by atoms with van der Waals surface area (Å²) in [5, 5.41) is 0. The van der Waals surface area contributed by atoms with Crippen LogP contribution in [0.4, 0.5) is 0 Å². The molecule has 2 nitrogen and oxygen atoms in total. The monoisotopic (exact) mass is 196 g/mol. The molecule has 0 spiro atoms. The SMILES string of the molecule is C=CCc1ccc(-c2cncnc2)cc1. The second-order valence-electron chi connectivity index (χ2n) is 3.32. The van der Waals surface area contributed by atoms with Gasteiger partial charge in [0.25, 0.3) is 0 Å². The summed E-state index contributed by atoms with van der Waals surface area (Å²) < 4.78 is 0. The van der Waals surface area contributed by atoms with Crippen LogP contribution in [0.3, 0.4) is 0 Å². The highest BCUT2D eigenvalue weighted by Gasteiger charge is 1.97. The minimum Gasteiger partial charge on any atom is -0.244 e. The lowest BCUT2D eigenvalue weighted by Crippen LogP contribution is -1.84. The summed E-state index contributed by atoms with van der Waals surface area (Å²) >= 11 is 0. The molecule has 0 aliphatic heterocycles. The molecule has 0 saturated carbocycles. The zero-order valence-corrected chi connectivity index (χ0v) is 8.43. The third kappa shape index (κ3) is 2.29. The molecule has 0 radical (unpaired) electrons. The van der Waals surface area contributed by atoms with Crippen molar-refractivity contribution in [2.45, 2.75) is 6.42 Å². The Morgan fingerprint density at radius 1 is 1.00 bits per heavy atom. The van der Waals surface area contributed by atoms with Gasteiger partial charge in [-0.3, -0.25) is 0 Å². The molecule has 0 fully saturated rings. The Kier molecular flexibility index (Phi) is 2.88. The summed E-state index contributed by atoms with van der Waals surface area (Å²) in [5.41, 5.74) is 3.46. The van der Waals surface area contributed by atoms with Crippen molar-refractivity contribution < 1.29 is 0 Å². The van der Waals surface area contributed by atoms with E-state index in [-0.39, 0.29) is 0 Å². The van der Waals surface area contributed by atoms with Gasteiger partial charge in [-0.25, -0.2) is 9.97 Å². The highest BCUT2D eigenvalue weighted by molar-refractivity contribution is 5.61. The van der Waals surface area contributed by atoms with Crippen LogP contribution in [0.1, 0.15) is 5.56 Å². The molecule has 1 aromatic carbocycles. The van der Waals surface area contributed by atoms with Gasteiger partial charge >= 0.3 is 0 Å². The lowest BCUT2D eigenvalue weighted by Gasteiger charge is -2.01. The van der Waals surface area contributed by atoms with Crippen LogP contribution in [0.25, 0.3) is 11.1 Å². The Balaban J connectivity index is 2.28. The van der Waals surface area contributed by atoms with Crippen molar-refractivity contribution in [3.63, 3.8) is 0 Å². The van der Waals surface area contributed by atoms with E-state index in [0.29, 0.717) is 0 Å². The molecule has 15 heavy (non-hydrogen) atoms. The van der Waals surface area contributed by atoms with Gasteiger partial charge < -0.3 is 0 Å². The van der Waals surface area contributed by atoms with Crippen molar-refractivity contribution >= 4 is 0 Å². The first-order valence-electron chi connectivity index (χ1n) is 4.85. The van der Waals surface area contributed by atoms with Gasteiger partial charge in [0.2, 0.25) is 0 Å². The number of allylic oxidation sites excluding steroid dienone is 1. The van der Waals surface area contributed by atoms with Gasteiger partial charge in [0.05, 0.1) is 0 Å². The number of aromatic nitrogens is 2. The Morgan fingerprint density at radius 2 is 1.67 bits per heavy atom. The number of rotatable bonds is 3. The highest BCUT2D eigenvalue weighted by atomic mass is 14.8. The maximum Gasteiger partial charge on any atom is 0.115 e. The van der Waals surface area contributed by atoms with E-state index >= 15 is 0 Å². The van der Waals surface area contributed by atoms with E-state index < -0.39 is 0 Å². The lowest BCUT2D eigenvalue weighted by molar-refractivity contribution is 1.17. The predicted octanol–water partition coefficient (Wildman–Crippen LogP) is 2.87. The van der Waals surface area contributed by atoms with Crippen molar-refractivity contribution in [3.05, 3.63) is 61.2 Å². The van der Waals surface area contributed by atoms with Crippen LogP contribution in [0.2, 0.25) is 0 Å². The van der Waals surface area contributed by atoms with Crippen LogP contribution in [-0.2, 0) is 6.42 Å². The van der Waals surface area contributed by atoms with Gasteiger partial charge in [-0.15, -0.1) is 6.58 Å². The van der Waals surface area contributed by atoms with Crippen molar-refractivity contribution in [2.24, 2.45) is 0 Å². The Morgan fingerprint density at radius 3 is 2.27 bits per heavy atom. The highest BCUT2D eigenvalue weighted by Crippen LogP contribution is 2.17. The minimum atomic E-state index is 0.908. The maximum absolute atomic E-state index is 3.99. The van der Waals surface area contributed by atoms with E-state index in [1.165, 1.54) is 11.9 Å². The maximum atomic E-state index is 3.99. The van der Waals surface area contributed by atoms with Gasteiger partial charge in [0.15, 0.2) is 0 Å². The van der Waals surface area contributed by atoms with Gasteiger partial charge in [0, 0.05) is 18.0 Å². The third-order valence-electron chi connectivity index (χ3n) is 2.23. The molecule has 2 aromatic rings. The van der Waals surface area contributed by atoms with E-state index in [2.05, 4.69) is 40.8 Å². The molecule has 0 amide bonds. The third-order valence-corrected chi connectivity index (χ3v) is 2.23. The topological polar surface area (TPSA) is 25.8 Å². The average Bonchev–Trinajstić information content (AvgIpc) is 2.32. The molecule has 0 saturated heterocycles. The number of hydrogen-bond donors (Lipinski definition) is 0. The molecule has 1 aromatic heterocycles. The molecule has 74 valence electrons. The van der Waals surface area contributed by atoms with Gasteiger partial charge in [0.1, 0.15) is 6.33 Å². The molecule has 0 N–H and O–H groups in total. The number of hydrogen-bond acceptors (Lipinski definition) is 2. The lowest BCUT2D eigenvalue weighted by atomic mass is 10.1. The van der Waals surface area contributed by atoms with E-state index in [4.69, 9.17) is 0 Å². The first-order valence-corrected chi connectivity index (χ1v) is 4.85. The molecular formula is C13H12N2.